The number of aromatic nitrogens is 1. The molecule has 2 rings (SSSR count). The maximum Gasteiger partial charge on any atom is 0.168 e. The first kappa shape index (κ1) is 16.3. The molecular formula is C15H23F2N3S. The van der Waals surface area contributed by atoms with E-state index in [0.29, 0.717) is 13.1 Å². The molecule has 3 nitrogen and oxygen atoms in total. The molecule has 1 heterocycles. The number of nitrogens with zero attached hydrogens (tertiary/aromatic N) is 1. The van der Waals surface area contributed by atoms with E-state index >= 15 is 0 Å². The third-order valence-electron chi connectivity index (χ3n) is 4.00. The fraction of sp³-hybridized carbons (Fsp3) is 0.667. The normalized spacial score (nSPS) is 17.0. The summed E-state index contributed by atoms with van der Waals surface area (Å²) >= 11 is 1.82. The van der Waals surface area contributed by atoms with E-state index in [1.54, 1.807) is 0 Å². The Balaban J connectivity index is 2.08. The van der Waals surface area contributed by atoms with Crippen molar-refractivity contribution in [2.24, 2.45) is 0 Å². The van der Waals surface area contributed by atoms with Gasteiger partial charge in [0.1, 0.15) is 0 Å². The summed E-state index contributed by atoms with van der Waals surface area (Å²) in [7, 11) is 0. The molecule has 1 saturated carbocycles. The van der Waals surface area contributed by atoms with Crippen LogP contribution in [0.15, 0.2) is 6.07 Å². The monoisotopic (exact) mass is 315 g/mol. The van der Waals surface area contributed by atoms with Crippen LogP contribution in [0.2, 0.25) is 0 Å². The predicted octanol–water partition coefficient (Wildman–Crippen LogP) is 4.27. The lowest BCUT2D eigenvalue weighted by atomic mass is 10.1. The Hall–Kier alpha value is -1.04. The molecule has 2 N–H and O–H groups in total. The molecule has 1 aromatic rings. The smallest absolute Gasteiger partial charge is 0.168 e. The molecule has 118 valence electrons. The molecule has 0 amide bonds. The Labute approximate surface area is 129 Å². The standard InChI is InChI=1S/C15H23F2N3S/c1-3-8-18-13-11(16)9-12(17)14(20-13)19-10-15(21-2)6-4-5-7-15/h9H,3-8,10H2,1-2H3,(H2,18,19,20). The molecule has 21 heavy (non-hydrogen) atoms. The molecule has 1 aliphatic rings. The summed E-state index contributed by atoms with van der Waals surface area (Å²) in [6.07, 6.45) is 7.64. The zero-order valence-corrected chi connectivity index (χ0v) is 13.5. The summed E-state index contributed by atoms with van der Waals surface area (Å²) in [4.78, 5) is 4.05. The Bertz CT molecular complexity index is 476. The lowest BCUT2D eigenvalue weighted by molar-refractivity contribution is 0.574. The van der Waals surface area contributed by atoms with Crippen molar-refractivity contribution in [1.82, 2.24) is 4.98 Å². The number of rotatable bonds is 7. The van der Waals surface area contributed by atoms with E-state index in [2.05, 4.69) is 21.9 Å². The van der Waals surface area contributed by atoms with Gasteiger partial charge in [0, 0.05) is 23.9 Å². The SMILES string of the molecule is CCCNc1nc(NCC2(SC)CCCC2)c(F)cc1F. The highest BCUT2D eigenvalue weighted by atomic mass is 32.2. The quantitative estimate of drug-likeness (QED) is 0.788. The van der Waals surface area contributed by atoms with Crippen molar-refractivity contribution in [3.05, 3.63) is 17.7 Å². The first-order valence-corrected chi connectivity index (χ1v) is 8.71. The van der Waals surface area contributed by atoms with E-state index in [9.17, 15) is 8.78 Å². The van der Waals surface area contributed by atoms with E-state index in [1.807, 2.05) is 18.7 Å². The first-order valence-electron chi connectivity index (χ1n) is 7.49. The van der Waals surface area contributed by atoms with Crippen LogP contribution in [0.25, 0.3) is 0 Å². The van der Waals surface area contributed by atoms with Gasteiger partial charge in [-0.25, -0.2) is 13.8 Å². The summed E-state index contributed by atoms with van der Waals surface area (Å²) in [5, 5.41) is 5.96. The van der Waals surface area contributed by atoms with Crippen LogP contribution in [0.3, 0.4) is 0 Å². The number of hydrogen-bond donors (Lipinski definition) is 2. The second-order valence-corrected chi connectivity index (χ2v) is 6.80. The number of thioether (sulfide) groups is 1. The molecule has 0 atom stereocenters. The number of hydrogen-bond acceptors (Lipinski definition) is 4. The lowest BCUT2D eigenvalue weighted by Gasteiger charge is -2.27. The van der Waals surface area contributed by atoms with Crippen molar-refractivity contribution >= 4 is 23.4 Å². The average Bonchev–Trinajstić information content (AvgIpc) is 2.95. The second-order valence-electron chi connectivity index (χ2n) is 5.52. The molecule has 0 radical (unpaired) electrons. The van der Waals surface area contributed by atoms with E-state index < -0.39 is 11.6 Å². The molecule has 0 bridgehead atoms. The second kappa shape index (κ2) is 7.29. The number of pyridine rings is 1. The zero-order chi connectivity index (χ0) is 15.3. The maximum atomic E-state index is 13.9. The summed E-state index contributed by atoms with van der Waals surface area (Å²) in [5.74, 6) is -1.03. The van der Waals surface area contributed by atoms with Gasteiger partial charge in [0.15, 0.2) is 23.3 Å². The van der Waals surface area contributed by atoms with Crippen molar-refractivity contribution < 1.29 is 8.78 Å². The minimum atomic E-state index is -0.646. The van der Waals surface area contributed by atoms with Gasteiger partial charge in [-0.3, -0.25) is 0 Å². The van der Waals surface area contributed by atoms with Crippen LogP contribution in [-0.2, 0) is 0 Å². The van der Waals surface area contributed by atoms with Crippen LogP contribution in [0.1, 0.15) is 39.0 Å². The highest BCUT2D eigenvalue weighted by molar-refractivity contribution is 8.00. The molecule has 1 fully saturated rings. The molecule has 0 aromatic carbocycles. The summed E-state index contributed by atoms with van der Waals surface area (Å²) in [5.41, 5.74) is 0. The Morgan fingerprint density at radius 3 is 2.38 bits per heavy atom. The van der Waals surface area contributed by atoms with Gasteiger partial charge in [-0.05, 0) is 25.5 Å². The van der Waals surface area contributed by atoms with Crippen molar-refractivity contribution in [2.75, 3.05) is 30.0 Å². The van der Waals surface area contributed by atoms with Crippen LogP contribution < -0.4 is 10.6 Å². The van der Waals surface area contributed by atoms with E-state index in [0.717, 1.165) is 25.3 Å². The molecular weight excluding hydrogens is 292 g/mol. The number of anilines is 2. The van der Waals surface area contributed by atoms with Gasteiger partial charge in [0.25, 0.3) is 0 Å². The Morgan fingerprint density at radius 1 is 1.19 bits per heavy atom. The van der Waals surface area contributed by atoms with Gasteiger partial charge in [0.05, 0.1) is 0 Å². The molecule has 0 saturated heterocycles. The average molecular weight is 315 g/mol. The van der Waals surface area contributed by atoms with Crippen LogP contribution in [0.5, 0.6) is 0 Å². The van der Waals surface area contributed by atoms with Gasteiger partial charge >= 0.3 is 0 Å². The highest BCUT2D eigenvalue weighted by Gasteiger charge is 2.33. The summed E-state index contributed by atoms with van der Waals surface area (Å²) in [6.45, 7) is 3.26. The topological polar surface area (TPSA) is 37.0 Å². The largest absolute Gasteiger partial charge is 0.368 e. The third kappa shape index (κ3) is 3.99. The molecule has 0 unspecified atom stereocenters. The predicted molar refractivity (Wildman–Crippen MR) is 86.1 cm³/mol. The summed E-state index contributed by atoms with van der Waals surface area (Å²) in [6, 6.07) is 0.897. The van der Waals surface area contributed by atoms with Crippen molar-refractivity contribution in [3.8, 4) is 0 Å². The fourth-order valence-electron chi connectivity index (χ4n) is 2.68. The van der Waals surface area contributed by atoms with Gasteiger partial charge in [-0.1, -0.05) is 19.8 Å². The summed E-state index contributed by atoms with van der Waals surface area (Å²) < 4.78 is 27.6. The molecule has 0 aliphatic heterocycles. The molecule has 0 spiro atoms. The van der Waals surface area contributed by atoms with E-state index in [1.165, 1.54) is 12.8 Å². The van der Waals surface area contributed by atoms with Crippen LogP contribution in [0.4, 0.5) is 20.4 Å². The highest BCUT2D eigenvalue weighted by Crippen LogP contribution is 2.40. The molecule has 1 aliphatic carbocycles. The fourth-order valence-corrected chi connectivity index (χ4v) is 3.59. The van der Waals surface area contributed by atoms with Gasteiger partial charge in [-0.15, -0.1) is 0 Å². The van der Waals surface area contributed by atoms with Crippen molar-refractivity contribution in [2.45, 2.75) is 43.8 Å². The lowest BCUT2D eigenvalue weighted by Crippen LogP contribution is -2.30. The first-order chi connectivity index (χ1) is 10.1. The third-order valence-corrected chi connectivity index (χ3v) is 5.42. The van der Waals surface area contributed by atoms with Crippen molar-refractivity contribution in [1.29, 1.82) is 0 Å². The van der Waals surface area contributed by atoms with Gasteiger partial charge < -0.3 is 10.6 Å². The maximum absolute atomic E-state index is 13.9. The van der Waals surface area contributed by atoms with Crippen molar-refractivity contribution in [3.63, 3.8) is 0 Å². The van der Waals surface area contributed by atoms with Crippen LogP contribution >= 0.6 is 11.8 Å². The van der Waals surface area contributed by atoms with Crippen LogP contribution in [-0.4, -0.2) is 29.1 Å². The van der Waals surface area contributed by atoms with E-state index in [4.69, 9.17) is 0 Å². The Morgan fingerprint density at radius 2 is 1.81 bits per heavy atom. The Kier molecular flexibility index (Phi) is 5.67. The van der Waals surface area contributed by atoms with E-state index in [-0.39, 0.29) is 16.4 Å². The number of halogens is 2. The minimum absolute atomic E-state index is 0.116. The van der Waals surface area contributed by atoms with Gasteiger partial charge in [-0.2, -0.15) is 11.8 Å². The zero-order valence-electron chi connectivity index (χ0n) is 12.6. The molecule has 6 heteroatoms. The minimum Gasteiger partial charge on any atom is -0.368 e. The number of nitrogens with one attached hydrogen (secondary N) is 2. The van der Waals surface area contributed by atoms with Gasteiger partial charge in [0.2, 0.25) is 0 Å². The van der Waals surface area contributed by atoms with Crippen LogP contribution in [0, 0.1) is 11.6 Å². The molecule has 1 aromatic heterocycles.